The van der Waals surface area contributed by atoms with Crippen molar-refractivity contribution in [3.8, 4) is 0 Å². The first-order valence-corrected chi connectivity index (χ1v) is 3.00. The van der Waals surface area contributed by atoms with Gasteiger partial charge in [-0.25, -0.2) is 0 Å². The lowest BCUT2D eigenvalue weighted by Crippen LogP contribution is -2.25. The number of aliphatic hydroxyl groups excluding tert-OH is 1. The molecule has 1 rings (SSSR count). The summed E-state index contributed by atoms with van der Waals surface area (Å²) >= 11 is 0. The van der Waals surface area contributed by atoms with E-state index in [2.05, 4.69) is 0 Å². The van der Waals surface area contributed by atoms with E-state index >= 15 is 0 Å². The second-order valence-electron chi connectivity index (χ2n) is 2.37. The highest BCUT2D eigenvalue weighted by Crippen LogP contribution is 2.33. The third-order valence-corrected chi connectivity index (χ3v) is 1.62. The first-order valence-electron chi connectivity index (χ1n) is 3.00. The summed E-state index contributed by atoms with van der Waals surface area (Å²) < 4.78 is 0. The summed E-state index contributed by atoms with van der Waals surface area (Å²) in [4.78, 5) is 9.67. The monoisotopic (exact) mass is 131 g/mol. The van der Waals surface area contributed by atoms with Gasteiger partial charge < -0.3 is 5.11 Å². The van der Waals surface area contributed by atoms with Crippen molar-refractivity contribution in [2.24, 2.45) is 5.92 Å². The van der Waals surface area contributed by atoms with Crippen LogP contribution in [0.3, 0.4) is 0 Å². The second kappa shape index (κ2) is 2.31. The number of hydrogen-bond donors (Lipinski definition) is 1. The van der Waals surface area contributed by atoms with Gasteiger partial charge in [-0.05, 0) is 12.8 Å². The molecule has 1 fully saturated rings. The van der Waals surface area contributed by atoms with Crippen LogP contribution in [-0.2, 0) is 0 Å². The van der Waals surface area contributed by atoms with E-state index < -0.39 is 11.0 Å². The highest BCUT2D eigenvalue weighted by Gasteiger charge is 2.38. The van der Waals surface area contributed by atoms with E-state index in [9.17, 15) is 10.1 Å². The van der Waals surface area contributed by atoms with E-state index in [1.807, 2.05) is 0 Å². The molecule has 0 bridgehead atoms. The summed E-state index contributed by atoms with van der Waals surface area (Å²) in [7, 11) is 0. The van der Waals surface area contributed by atoms with Gasteiger partial charge in [0.1, 0.15) is 6.61 Å². The van der Waals surface area contributed by atoms with Gasteiger partial charge in [0.15, 0.2) is 0 Å². The van der Waals surface area contributed by atoms with Gasteiger partial charge in [-0.1, -0.05) is 0 Å². The van der Waals surface area contributed by atoms with Crippen LogP contribution >= 0.6 is 0 Å². The molecule has 1 N–H and O–H groups in total. The highest BCUT2D eigenvalue weighted by atomic mass is 16.6. The molecule has 52 valence electrons. The van der Waals surface area contributed by atoms with Crippen LogP contribution in [0.25, 0.3) is 0 Å². The van der Waals surface area contributed by atoms with Gasteiger partial charge in [0.2, 0.25) is 6.04 Å². The first-order chi connectivity index (χ1) is 4.25. The Kier molecular flexibility index (Phi) is 1.66. The molecule has 1 aliphatic carbocycles. The molecule has 1 saturated carbocycles. The average molecular weight is 131 g/mol. The minimum atomic E-state index is -0.690. The van der Waals surface area contributed by atoms with E-state index in [1.165, 1.54) is 0 Å². The number of rotatable bonds is 3. The summed E-state index contributed by atoms with van der Waals surface area (Å²) in [5.74, 6) is 0.157. The molecule has 0 heterocycles. The quantitative estimate of drug-likeness (QED) is 0.434. The molecule has 0 amide bonds. The molecular weight excluding hydrogens is 122 g/mol. The third-order valence-electron chi connectivity index (χ3n) is 1.62. The van der Waals surface area contributed by atoms with Gasteiger partial charge in [0.05, 0.1) is 0 Å². The van der Waals surface area contributed by atoms with Crippen molar-refractivity contribution in [2.75, 3.05) is 6.61 Å². The average Bonchev–Trinajstić information content (AvgIpc) is 2.50. The van der Waals surface area contributed by atoms with E-state index in [0.717, 1.165) is 12.8 Å². The Hall–Kier alpha value is -0.640. The van der Waals surface area contributed by atoms with Crippen LogP contribution < -0.4 is 0 Å². The third kappa shape index (κ3) is 1.38. The molecule has 0 aromatic carbocycles. The lowest BCUT2D eigenvalue weighted by Gasteiger charge is -2.01. The molecule has 4 heteroatoms. The Morgan fingerprint density at radius 3 is 2.44 bits per heavy atom. The fraction of sp³-hybridized carbons (Fsp3) is 1.00. The lowest BCUT2D eigenvalue weighted by atomic mass is 10.2. The van der Waals surface area contributed by atoms with Gasteiger partial charge in [0, 0.05) is 10.8 Å². The predicted molar refractivity (Wildman–Crippen MR) is 30.6 cm³/mol. The molecular formula is C5H9NO3. The van der Waals surface area contributed by atoms with E-state index in [1.54, 1.807) is 0 Å². The van der Waals surface area contributed by atoms with Crippen molar-refractivity contribution in [2.45, 2.75) is 18.9 Å². The molecule has 0 radical (unpaired) electrons. The summed E-state index contributed by atoms with van der Waals surface area (Å²) in [5, 5.41) is 18.5. The minimum Gasteiger partial charge on any atom is -0.389 e. The number of nitro groups is 1. The smallest absolute Gasteiger partial charge is 0.238 e. The molecule has 1 atom stereocenters. The molecule has 0 aliphatic heterocycles. The molecule has 0 aromatic rings. The molecule has 9 heavy (non-hydrogen) atoms. The summed E-state index contributed by atoms with van der Waals surface area (Å²) in [6.07, 6.45) is 1.82. The SMILES string of the molecule is O=[N+]([O-])[C@@H](CO)C1CC1. The van der Waals surface area contributed by atoms with Crippen molar-refractivity contribution in [3.05, 3.63) is 10.1 Å². The van der Waals surface area contributed by atoms with Crippen LogP contribution in [0.5, 0.6) is 0 Å². The van der Waals surface area contributed by atoms with E-state index in [0.29, 0.717) is 0 Å². The van der Waals surface area contributed by atoms with Gasteiger partial charge in [0.25, 0.3) is 0 Å². The van der Waals surface area contributed by atoms with E-state index in [4.69, 9.17) is 5.11 Å². The maximum Gasteiger partial charge on any atom is 0.238 e. The summed E-state index contributed by atoms with van der Waals surface area (Å²) in [6, 6.07) is -0.690. The lowest BCUT2D eigenvalue weighted by molar-refractivity contribution is -0.530. The zero-order valence-corrected chi connectivity index (χ0v) is 4.99. The highest BCUT2D eigenvalue weighted by molar-refractivity contribution is 4.80. The number of hydrogen-bond acceptors (Lipinski definition) is 3. The van der Waals surface area contributed by atoms with Crippen molar-refractivity contribution in [3.63, 3.8) is 0 Å². The topological polar surface area (TPSA) is 63.4 Å². The van der Waals surface area contributed by atoms with Crippen LogP contribution in [0.4, 0.5) is 0 Å². The molecule has 0 saturated heterocycles. The van der Waals surface area contributed by atoms with Gasteiger partial charge >= 0.3 is 0 Å². The van der Waals surface area contributed by atoms with Crippen molar-refractivity contribution in [1.82, 2.24) is 0 Å². The van der Waals surface area contributed by atoms with Crippen LogP contribution in [0.2, 0.25) is 0 Å². The number of nitrogens with zero attached hydrogens (tertiary/aromatic N) is 1. The van der Waals surface area contributed by atoms with E-state index in [-0.39, 0.29) is 12.5 Å². The van der Waals surface area contributed by atoms with Crippen LogP contribution in [-0.4, -0.2) is 22.7 Å². The van der Waals surface area contributed by atoms with Crippen LogP contribution in [0, 0.1) is 16.0 Å². The molecule has 1 aliphatic rings. The van der Waals surface area contributed by atoms with Crippen molar-refractivity contribution < 1.29 is 10.0 Å². The maximum absolute atomic E-state index is 10.1. The Bertz CT molecular complexity index is 121. The molecule has 0 unspecified atom stereocenters. The maximum atomic E-state index is 10.1. The fourth-order valence-electron chi connectivity index (χ4n) is 0.869. The Balaban J connectivity index is 2.37. The largest absolute Gasteiger partial charge is 0.389 e. The van der Waals surface area contributed by atoms with Gasteiger partial charge in [-0.2, -0.15) is 0 Å². The zero-order chi connectivity index (χ0) is 6.85. The summed E-state index contributed by atoms with van der Waals surface area (Å²) in [6.45, 7) is -0.308. The summed E-state index contributed by atoms with van der Waals surface area (Å²) in [5.41, 5.74) is 0. The second-order valence-corrected chi connectivity index (χ2v) is 2.37. The predicted octanol–water partition coefficient (Wildman–Crippen LogP) is 0.0340. The Morgan fingerprint density at radius 2 is 2.33 bits per heavy atom. The Labute approximate surface area is 52.6 Å². The zero-order valence-electron chi connectivity index (χ0n) is 4.99. The first kappa shape index (κ1) is 6.48. The fourth-order valence-corrected chi connectivity index (χ4v) is 0.869. The molecule has 0 spiro atoms. The van der Waals surface area contributed by atoms with Crippen molar-refractivity contribution in [1.29, 1.82) is 0 Å². The Morgan fingerprint density at radius 1 is 1.78 bits per heavy atom. The van der Waals surface area contributed by atoms with Crippen LogP contribution in [0.1, 0.15) is 12.8 Å². The number of aliphatic hydroxyl groups is 1. The molecule has 0 aromatic heterocycles. The van der Waals surface area contributed by atoms with Gasteiger partial charge in [-0.3, -0.25) is 10.1 Å². The minimum absolute atomic E-state index is 0.157. The molecule has 4 nitrogen and oxygen atoms in total. The normalized spacial score (nSPS) is 21.4. The standard InChI is InChI=1S/C5H9NO3/c7-3-5(6(8)9)4-1-2-4/h4-5,7H,1-3H2/t5-/m0/s1. The van der Waals surface area contributed by atoms with Gasteiger partial charge in [-0.15, -0.1) is 0 Å². The van der Waals surface area contributed by atoms with Crippen molar-refractivity contribution >= 4 is 0 Å². The van der Waals surface area contributed by atoms with Crippen LogP contribution in [0.15, 0.2) is 0 Å².